The van der Waals surface area contributed by atoms with Crippen LogP contribution >= 0.6 is 11.6 Å². The number of carbonyl (C=O) groups is 1. The Morgan fingerprint density at radius 2 is 2.24 bits per heavy atom. The molecule has 1 aliphatic carbocycles. The van der Waals surface area contributed by atoms with Crippen molar-refractivity contribution in [3.63, 3.8) is 0 Å². The van der Waals surface area contributed by atoms with Gasteiger partial charge in [-0.3, -0.25) is 9.69 Å². The maximum atomic E-state index is 12.4. The smallest absolute Gasteiger partial charge is 0.251 e. The number of ether oxygens (including phenoxy) is 1. The van der Waals surface area contributed by atoms with Crippen LogP contribution in [-0.4, -0.2) is 48.7 Å². The zero-order valence-corrected chi connectivity index (χ0v) is 15.2. The van der Waals surface area contributed by atoms with Gasteiger partial charge in [-0.1, -0.05) is 17.7 Å². The molecule has 5 rings (SSSR count). The van der Waals surface area contributed by atoms with Gasteiger partial charge in [-0.2, -0.15) is 0 Å². The molecule has 4 nitrogen and oxygen atoms in total. The second-order valence-corrected chi connectivity index (χ2v) is 8.82. The van der Waals surface area contributed by atoms with Crippen LogP contribution in [0.3, 0.4) is 0 Å². The highest BCUT2D eigenvalue weighted by molar-refractivity contribution is 6.30. The number of nitrogens with one attached hydrogen (secondary N) is 1. The monoisotopic (exact) mass is 360 g/mol. The van der Waals surface area contributed by atoms with Crippen molar-refractivity contribution < 1.29 is 9.53 Å². The molecular weight excluding hydrogens is 336 g/mol. The van der Waals surface area contributed by atoms with Crippen molar-refractivity contribution in [3.05, 3.63) is 34.9 Å². The third kappa shape index (κ3) is 2.88. The third-order valence-corrected chi connectivity index (χ3v) is 6.89. The fourth-order valence-corrected chi connectivity index (χ4v) is 5.50. The van der Waals surface area contributed by atoms with Crippen molar-refractivity contribution >= 4 is 17.5 Å². The number of hydrogen-bond acceptors (Lipinski definition) is 3. The summed E-state index contributed by atoms with van der Waals surface area (Å²) in [5.74, 6) is 1.91. The molecule has 4 fully saturated rings. The summed E-state index contributed by atoms with van der Waals surface area (Å²) in [5.41, 5.74) is 0.707. The summed E-state index contributed by atoms with van der Waals surface area (Å²) in [7, 11) is 0. The molecule has 1 amide bonds. The number of halogens is 1. The molecule has 3 saturated heterocycles. The lowest BCUT2D eigenvalue weighted by Crippen LogP contribution is -2.41. The van der Waals surface area contributed by atoms with Crippen LogP contribution in [0.1, 0.15) is 36.0 Å². The van der Waals surface area contributed by atoms with Gasteiger partial charge in [-0.25, -0.2) is 0 Å². The van der Waals surface area contributed by atoms with Gasteiger partial charge in [0.1, 0.15) is 0 Å². The summed E-state index contributed by atoms with van der Waals surface area (Å²) in [6.07, 6.45) is 5.47. The van der Waals surface area contributed by atoms with Gasteiger partial charge < -0.3 is 10.1 Å². The SMILES string of the molecule is O=C(NC[C@H]1[C@H]2CN(CC3CC3)C[C@]23CC[C@H]1O3)c1cccc(Cl)c1. The van der Waals surface area contributed by atoms with Gasteiger partial charge in [0.15, 0.2) is 0 Å². The largest absolute Gasteiger partial charge is 0.370 e. The minimum Gasteiger partial charge on any atom is -0.370 e. The van der Waals surface area contributed by atoms with Crippen LogP contribution < -0.4 is 5.32 Å². The van der Waals surface area contributed by atoms with E-state index < -0.39 is 0 Å². The molecule has 4 atom stereocenters. The number of likely N-dealkylation sites (tertiary alicyclic amines) is 1. The number of hydrogen-bond donors (Lipinski definition) is 1. The van der Waals surface area contributed by atoms with Gasteiger partial charge >= 0.3 is 0 Å². The Bertz CT molecular complexity index is 692. The maximum absolute atomic E-state index is 12.4. The van der Waals surface area contributed by atoms with Crippen molar-refractivity contribution in [2.45, 2.75) is 37.4 Å². The lowest BCUT2D eigenvalue weighted by atomic mass is 9.73. The molecule has 1 saturated carbocycles. The van der Waals surface area contributed by atoms with Crippen LogP contribution in [0, 0.1) is 17.8 Å². The average molecular weight is 361 g/mol. The average Bonchev–Trinajstić information content (AvgIpc) is 3.09. The molecule has 0 aromatic heterocycles. The second-order valence-electron chi connectivity index (χ2n) is 8.39. The Balaban J connectivity index is 1.24. The van der Waals surface area contributed by atoms with Gasteiger partial charge in [0, 0.05) is 48.6 Å². The standard InChI is InChI=1S/C20H25ClN2O2/c21-15-3-1-2-14(8-15)19(24)22-9-16-17-11-23(10-13-4-5-13)12-20(17)7-6-18(16)25-20/h1-3,8,13,16-18H,4-7,9-12H2,(H,22,24)/t16-,17+,18+,20+/m0/s1. The van der Waals surface area contributed by atoms with Gasteiger partial charge in [0.05, 0.1) is 11.7 Å². The van der Waals surface area contributed by atoms with Gasteiger partial charge in [-0.05, 0) is 49.8 Å². The lowest BCUT2D eigenvalue weighted by molar-refractivity contribution is 0.00244. The topological polar surface area (TPSA) is 41.6 Å². The molecule has 5 heteroatoms. The second kappa shape index (κ2) is 5.97. The predicted molar refractivity (Wildman–Crippen MR) is 96.8 cm³/mol. The van der Waals surface area contributed by atoms with E-state index in [2.05, 4.69) is 10.2 Å². The number of nitrogens with zero attached hydrogens (tertiary/aromatic N) is 1. The van der Waals surface area contributed by atoms with Crippen molar-refractivity contribution in [1.29, 1.82) is 0 Å². The molecule has 0 radical (unpaired) electrons. The summed E-state index contributed by atoms with van der Waals surface area (Å²) in [6, 6.07) is 7.15. The molecule has 25 heavy (non-hydrogen) atoms. The Morgan fingerprint density at radius 3 is 3.04 bits per heavy atom. The Morgan fingerprint density at radius 1 is 1.36 bits per heavy atom. The van der Waals surface area contributed by atoms with Gasteiger partial charge in [-0.15, -0.1) is 0 Å². The quantitative estimate of drug-likeness (QED) is 0.877. The highest BCUT2D eigenvalue weighted by Crippen LogP contribution is 2.55. The van der Waals surface area contributed by atoms with Crippen molar-refractivity contribution in [1.82, 2.24) is 10.2 Å². The van der Waals surface area contributed by atoms with Crippen LogP contribution in [0.15, 0.2) is 24.3 Å². The van der Waals surface area contributed by atoms with E-state index in [1.54, 1.807) is 12.1 Å². The van der Waals surface area contributed by atoms with E-state index in [-0.39, 0.29) is 11.5 Å². The van der Waals surface area contributed by atoms with Crippen LogP contribution in [0.25, 0.3) is 0 Å². The van der Waals surface area contributed by atoms with Crippen LogP contribution in [0.4, 0.5) is 0 Å². The molecule has 1 N–H and O–H groups in total. The fourth-order valence-electron chi connectivity index (χ4n) is 5.31. The minimum atomic E-state index is -0.0350. The molecule has 1 aromatic rings. The number of rotatable bonds is 5. The molecule has 1 aromatic carbocycles. The van der Waals surface area contributed by atoms with Crippen molar-refractivity contribution in [2.24, 2.45) is 17.8 Å². The summed E-state index contributed by atoms with van der Waals surface area (Å²) in [6.45, 7) is 4.20. The summed E-state index contributed by atoms with van der Waals surface area (Å²) < 4.78 is 6.47. The van der Waals surface area contributed by atoms with Crippen LogP contribution in [0.2, 0.25) is 5.02 Å². The summed E-state index contributed by atoms with van der Waals surface area (Å²) in [4.78, 5) is 15.1. The van der Waals surface area contributed by atoms with Gasteiger partial charge in [0.2, 0.25) is 0 Å². The normalized spacial score (nSPS) is 36.6. The zero-order chi connectivity index (χ0) is 17.0. The van der Waals surface area contributed by atoms with Crippen LogP contribution in [-0.2, 0) is 4.74 Å². The molecule has 3 heterocycles. The summed E-state index contributed by atoms with van der Waals surface area (Å²) >= 11 is 6.00. The van der Waals surface area contributed by atoms with Crippen molar-refractivity contribution in [3.8, 4) is 0 Å². The highest BCUT2D eigenvalue weighted by atomic mass is 35.5. The maximum Gasteiger partial charge on any atom is 0.251 e. The first-order valence-corrected chi connectivity index (χ1v) is 9.95. The highest BCUT2D eigenvalue weighted by Gasteiger charge is 2.62. The Hall–Kier alpha value is -1.10. The van der Waals surface area contributed by atoms with E-state index in [9.17, 15) is 4.79 Å². The van der Waals surface area contributed by atoms with Crippen molar-refractivity contribution in [2.75, 3.05) is 26.2 Å². The van der Waals surface area contributed by atoms with E-state index in [1.165, 1.54) is 25.8 Å². The summed E-state index contributed by atoms with van der Waals surface area (Å²) in [5, 5.41) is 3.73. The van der Waals surface area contributed by atoms with E-state index in [0.717, 1.165) is 25.4 Å². The van der Waals surface area contributed by atoms with E-state index in [0.29, 0.717) is 35.1 Å². The molecule has 2 bridgehead atoms. The number of fused-ring (bicyclic) bond motifs is 1. The first-order valence-electron chi connectivity index (χ1n) is 9.57. The first-order chi connectivity index (χ1) is 12.1. The minimum absolute atomic E-state index is 0.0350. The zero-order valence-electron chi connectivity index (χ0n) is 14.4. The molecule has 0 unspecified atom stereocenters. The third-order valence-electron chi connectivity index (χ3n) is 6.65. The van der Waals surface area contributed by atoms with Crippen LogP contribution in [0.5, 0.6) is 0 Å². The lowest BCUT2D eigenvalue weighted by Gasteiger charge is -2.29. The molecule has 1 spiro atoms. The number of amides is 1. The van der Waals surface area contributed by atoms with Gasteiger partial charge in [0.25, 0.3) is 5.91 Å². The molecule has 3 aliphatic heterocycles. The molecule has 4 aliphatic rings. The number of carbonyl (C=O) groups excluding carboxylic acids is 1. The number of benzene rings is 1. The molecular formula is C20H25ClN2O2. The first kappa shape index (κ1) is 16.1. The van der Waals surface area contributed by atoms with E-state index >= 15 is 0 Å². The van der Waals surface area contributed by atoms with E-state index in [4.69, 9.17) is 16.3 Å². The predicted octanol–water partition coefficient (Wildman–Crippen LogP) is 2.96. The Kier molecular flexibility index (Phi) is 3.84. The van der Waals surface area contributed by atoms with E-state index in [1.807, 2.05) is 12.1 Å². The fraction of sp³-hybridized carbons (Fsp3) is 0.650. The Labute approximate surface area is 153 Å². The molecule has 134 valence electrons.